The molecule has 0 aromatic carbocycles. The lowest BCUT2D eigenvalue weighted by molar-refractivity contribution is -0.123. The van der Waals surface area contributed by atoms with Crippen molar-refractivity contribution in [3.8, 4) is 0 Å². The maximum absolute atomic E-state index is 12.1. The molecule has 22 heavy (non-hydrogen) atoms. The molecule has 1 amide bonds. The molecule has 0 saturated heterocycles. The van der Waals surface area contributed by atoms with Gasteiger partial charge in [-0.3, -0.25) is 4.79 Å². The van der Waals surface area contributed by atoms with E-state index in [9.17, 15) is 4.79 Å². The fourth-order valence-corrected chi connectivity index (χ4v) is 3.23. The minimum Gasteiger partial charge on any atom is -0.356 e. The lowest BCUT2D eigenvalue weighted by atomic mass is 9.71. The van der Waals surface area contributed by atoms with Crippen LogP contribution < -0.4 is 11.1 Å². The van der Waals surface area contributed by atoms with Crippen molar-refractivity contribution in [2.45, 2.75) is 58.8 Å². The first-order valence-electron chi connectivity index (χ1n) is 8.35. The van der Waals surface area contributed by atoms with E-state index in [4.69, 9.17) is 5.73 Å². The predicted octanol–water partition coefficient (Wildman–Crippen LogP) is 2.98. The smallest absolute Gasteiger partial charge is 0.220 e. The second-order valence-corrected chi connectivity index (χ2v) is 6.17. The van der Waals surface area contributed by atoms with Gasteiger partial charge < -0.3 is 16.0 Å². The number of hydrogen-bond acceptors (Lipinski definition) is 3. The number of nitrogens with zero attached hydrogens (tertiary/aromatic N) is 1. The van der Waals surface area contributed by atoms with Crippen LogP contribution >= 0.6 is 24.8 Å². The van der Waals surface area contributed by atoms with Gasteiger partial charge in [0.2, 0.25) is 5.91 Å². The van der Waals surface area contributed by atoms with Crippen LogP contribution in [0.5, 0.6) is 0 Å². The predicted molar refractivity (Wildman–Crippen MR) is 99.1 cm³/mol. The number of carbonyl (C=O) groups is 1. The number of hydrogen-bond donors (Lipinski definition) is 2. The van der Waals surface area contributed by atoms with E-state index in [0.29, 0.717) is 13.0 Å². The molecule has 3 N–H and O–H groups in total. The van der Waals surface area contributed by atoms with Crippen molar-refractivity contribution in [2.75, 3.05) is 32.7 Å². The number of amides is 1. The quantitative estimate of drug-likeness (QED) is 0.625. The first-order chi connectivity index (χ1) is 9.65. The van der Waals surface area contributed by atoms with Crippen molar-refractivity contribution >= 4 is 30.7 Å². The van der Waals surface area contributed by atoms with Crippen LogP contribution in [0.25, 0.3) is 0 Å². The molecule has 1 fully saturated rings. The molecule has 0 atom stereocenters. The molecule has 0 aliphatic heterocycles. The monoisotopic (exact) mass is 355 g/mol. The average molecular weight is 356 g/mol. The third-order valence-electron chi connectivity index (χ3n) is 4.75. The van der Waals surface area contributed by atoms with Gasteiger partial charge in [0.15, 0.2) is 0 Å². The molecule has 0 spiro atoms. The molecule has 0 radical (unpaired) electrons. The molecule has 6 heteroatoms. The van der Waals surface area contributed by atoms with E-state index in [2.05, 4.69) is 24.1 Å². The van der Waals surface area contributed by atoms with Crippen LogP contribution in [-0.2, 0) is 4.79 Å². The third kappa shape index (κ3) is 8.56. The average Bonchev–Trinajstić information content (AvgIpc) is 2.48. The van der Waals surface area contributed by atoms with Crippen LogP contribution in [-0.4, -0.2) is 43.5 Å². The Hall–Kier alpha value is -0.0300. The van der Waals surface area contributed by atoms with Crippen LogP contribution in [0, 0.1) is 5.41 Å². The summed E-state index contributed by atoms with van der Waals surface area (Å²) >= 11 is 0. The fourth-order valence-electron chi connectivity index (χ4n) is 3.23. The highest BCUT2D eigenvalue weighted by Gasteiger charge is 2.32. The van der Waals surface area contributed by atoms with Crippen molar-refractivity contribution in [3.05, 3.63) is 0 Å². The fraction of sp³-hybridized carbons (Fsp3) is 0.938. The molecule has 0 aromatic rings. The van der Waals surface area contributed by atoms with Crippen LogP contribution in [0.3, 0.4) is 0 Å². The molecular formula is C16H35Cl2N3O. The lowest BCUT2D eigenvalue weighted by Crippen LogP contribution is -2.39. The van der Waals surface area contributed by atoms with Crippen LogP contribution in [0.1, 0.15) is 58.8 Å². The zero-order valence-electron chi connectivity index (χ0n) is 14.2. The van der Waals surface area contributed by atoms with Crippen molar-refractivity contribution in [2.24, 2.45) is 11.1 Å². The third-order valence-corrected chi connectivity index (χ3v) is 4.75. The molecule has 1 saturated carbocycles. The highest BCUT2D eigenvalue weighted by atomic mass is 35.5. The molecule has 0 heterocycles. The van der Waals surface area contributed by atoms with Gasteiger partial charge >= 0.3 is 0 Å². The highest BCUT2D eigenvalue weighted by molar-refractivity contribution is 5.85. The number of nitrogens with one attached hydrogen (secondary N) is 1. The van der Waals surface area contributed by atoms with Gasteiger partial charge in [0, 0.05) is 13.0 Å². The van der Waals surface area contributed by atoms with Crippen molar-refractivity contribution < 1.29 is 4.79 Å². The SMILES string of the molecule is CCN(CC)CCCNC(=O)CC1(CN)CCCCC1.Cl.Cl. The Bertz CT molecular complexity index is 281. The summed E-state index contributed by atoms with van der Waals surface area (Å²) in [5, 5.41) is 3.07. The van der Waals surface area contributed by atoms with Gasteiger partial charge in [0.25, 0.3) is 0 Å². The minimum absolute atomic E-state index is 0. The number of carbonyl (C=O) groups excluding carboxylic acids is 1. The van der Waals surface area contributed by atoms with E-state index in [1.54, 1.807) is 0 Å². The lowest BCUT2D eigenvalue weighted by Gasteiger charge is -2.35. The standard InChI is InChI=1S/C16H33N3O.2ClH/c1-3-19(4-2)12-8-11-18-15(20)13-16(14-17)9-6-5-7-10-16;;/h3-14,17H2,1-2H3,(H,18,20);2*1H. The van der Waals surface area contributed by atoms with Gasteiger partial charge in [0.05, 0.1) is 0 Å². The largest absolute Gasteiger partial charge is 0.356 e. The molecule has 134 valence electrons. The molecule has 1 aliphatic rings. The molecule has 4 nitrogen and oxygen atoms in total. The summed E-state index contributed by atoms with van der Waals surface area (Å²) in [6.07, 6.45) is 7.65. The van der Waals surface area contributed by atoms with Gasteiger partial charge in [-0.05, 0) is 50.9 Å². The second kappa shape index (κ2) is 13.4. The van der Waals surface area contributed by atoms with E-state index in [0.717, 1.165) is 45.4 Å². The molecule has 0 unspecified atom stereocenters. The maximum Gasteiger partial charge on any atom is 0.220 e. The number of halogens is 2. The Balaban J connectivity index is 0. The van der Waals surface area contributed by atoms with Crippen LogP contribution in [0.2, 0.25) is 0 Å². The zero-order chi connectivity index (χ0) is 14.8. The number of rotatable bonds is 9. The summed E-state index contributed by atoms with van der Waals surface area (Å²) in [5.41, 5.74) is 6.01. The Morgan fingerprint density at radius 1 is 1.14 bits per heavy atom. The summed E-state index contributed by atoms with van der Waals surface area (Å²) in [5.74, 6) is 0.192. The van der Waals surface area contributed by atoms with Crippen molar-refractivity contribution in [3.63, 3.8) is 0 Å². The Morgan fingerprint density at radius 2 is 1.73 bits per heavy atom. The van der Waals surface area contributed by atoms with E-state index in [1.807, 2.05) is 0 Å². The van der Waals surface area contributed by atoms with Crippen LogP contribution in [0.15, 0.2) is 0 Å². The Labute approximate surface area is 148 Å². The first kappa shape index (κ1) is 24.2. The molecule has 0 aromatic heterocycles. The highest BCUT2D eigenvalue weighted by Crippen LogP contribution is 2.38. The molecule has 0 bridgehead atoms. The second-order valence-electron chi connectivity index (χ2n) is 6.17. The Morgan fingerprint density at radius 3 is 2.23 bits per heavy atom. The van der Waals surface area contributed by atoms with Gasteiger partial charge in [-0.2, -0.15) is 0 Å². The van der Waals surface area contributed by atoms with E-state index < -0.39 is 0 Å². The van der Waals surface area contributed by atoms with Crippen molar-refractivity contribution in [1.82, 2.24) is 10.2 Å². The molecule has 1 rings (SSSR count). The number of nitrogens with two attached hydrogens (primary N) is 1. The van der Waals surface area contributed by atoms with E-state index in [-0.39, 0.29) is 36.1 Å². The summed E-state index contributed by atoms with van der Waals surface area (Å²) in [6.45, 7) is 9.03. The van der Waals surface area contributed by atoms with Crippen LogP contribution in [0.4, 0.5) is 0 Å². The van der Waals surface area contributed by atoms with Crippen molar-refractivity contribution in [1.29, 1.82) is 0 Å². The van der Waals surface area contributed by atoms with E-state index in [1.165, 1.54) is 19.3 Å². The van der Waals surface area contributed by atoms with Gasteiger partial charge in [-0.1, -0.05) is 33.1 Å². The Kier molecular flexibility index (Phi) is 14.8. The zero-order valence-corrected chi connectivity index (χ0v) is 15.9. The molecule has 1 aliphatic carbocycles. The first-order valence-corrected chi connectivity index (χ1v) is 8.35. The minimum atomic E-state index is 0. The topological polar surface area (TPSA) is 58.4 Å². The summed E-state index contributed by atoms with van der Waals surface area (Å²) in [4.78, 5) is 14.5. The maximum atomic E-state index is 12.1. The summed E-state index contributed by atoms with van der Waals surface area (Å²) in [6, 6.07) is 0. The van der Waals surface area contributed by atoms with Gasteiger partial charge in [0.1, 0.15) is 0 Å². The van der Waals surface area contributed by atoms with Gasteiger partial charge in [-0.15, -0.1) is 24.8 Å². The molecular weight excluding hydrogens is 321 g/mol. The van der Waals surface area contributed by atoms with Gasteiger partial charge in [-0.25, -0.2) is 0 Å². The van der Waals surface area contributed by atoms with E-state index >= 15 is 0 Å². The summed E-state index contributed by atoms with van der Waals surface area (Å²) < 4.78 is 0. The summed E-state index contributed by atoms with van der Waals surface area (Å²) in [7, 11) is 0. The normalized spacial score (nSPS) is 16.5.